The van der Waals surface area contributed by atoms with Crippen LogP contribution in [0.15, 0.2) is 47.4 Å². The Kier molecular flexibility index (Phi) is 4.88. The largest absolute Gasteiger partial charge is 0.362 e. The molecular formula is C20H23N3O3S. The number of nitrogens with zero attached hydrogens (tertiary/aromatic N) is 1. The zero-order valence-corrected chi connectivity index (χ0v) is 15.9. The molecule has 2 aromatic carbocycles. The summed E-state index contributed by atoms with van der Waals surface area (Å²) in [5, 5.41) is 0. The molecule has 0 fully saturated rings. The van der Waals surface area contributed by atoms with Gasteiger partial charge < -0.3 is 4.90 Å². The van der Waals surface area contributed by atoms with E-state index in [0.29, 0.717) is 0 Å². The molecule has 0 bridgehead atoms. The lowest BCUT2D eigenvalue weighted by atomic mass is 10.0. The first kappa shape index (κ1) is 18.0. The van der Waals surface area contributed by atoms with Gasteiger partial charge >= 0.3 is 0 Å². The van der Waals surface area contributed by atoms with Crippen LogP contribution in [0.4, 0.5) is 5.69 Å². The lowest BCUT2D eigenvalue weighted by molar-refractivity contribution is -0.120. The first-order chi connectivity index (χ1) is 13.0. The molecule has 0 radical (unpaired) electrons. The summed E-state index contributed by atoms with van der Waals surface area (Å²) in [4.78, 5) is 16.7. The molecule has 2 aromatic rings. The molecule has 4 rings (SSSR count). The second kappa shape index (κ2) is 7.32. The second-order valence-corrected chi connectivity index (χ2v) is 8.77. The molecule has 142 valence electrons. The molecule has 6 nitrogen and oxygen atoms in total. The van der Waals surface area contributed by atoms with Crippen molar-refractivity contribution in [2.24, 2.45) is 0 Å². The molecule has 2 N–H and O–H groups in total. The predicted octanol–water partition coefficient (Wildman–Crippen LogP) is 1.94. The molecule has 27 heavy (non-hydrogen) atoms. The van der Waals surface area contributed by atoms with Crippen molar-refractivity contribution in [3.05, 3.63) is 59.2 Å². The van der Waals surface area contributed by atoms with Gasteiger partial charge in [0.15, 0.2) is 0 Å². The molecule has 1 heterocycles. The Bertz CT molecular complexity index is 972. The number of benzene rings is 2. The number of carbonyl (C=O) groups excluding carboxylic acids is 1. The standard InChI is InChI=1S/C20H23N3O3S/c24-20(14-23-12-4-8-16-5-1-2-9-19(16)23)21-22-27(25,26)18-11-10-15-6-3-7-17(15)13-18/h1-2,5,9-11,13,22H,3-4,6-8,12,14H2,(H,21,24). The number of hydrogen-bond acceptors (Lipinski definition) is 4. The SMILES string of the molecule is O=C(CN1CCCc2ccccc21)NNS(=O)(=O)c1ccc2c(c1)CCC2. The van der Waals surface area contributed by atoms with Crippen molar-refractivity contribution >= 4 is 21.6 Å². The van der Waals surface area contributed by atoms with Gasteiger partial charge in [-0.05, 0) is 67.0 Å². The van der Waals surface area contributed by atoms with Crippen molar-refractivity contribution in [2.45, 2.75) is 37.0 Å². The lowest BCUT2D eigenvalue weighted by Gasteiger charge is -2.30. The third kappa shape index (κ3) is 3.84. The van der Waals surface area contributed by atoms with Gasteiger partial charge in [-0.1, -0.05) is 24.3 Å². The lowest BCUT2D eigenvalue weighted by Crippen LogP contribution is -2.47. The summed E-state index contributed by atoms with van der Waals surface area (Å²) in [5.74, 6) is -0.378. The van der Waals surface area contributed by atoms with Crippen LogP contribution in [0.1, 0.15) is 29.5 Å². The van der Waals surface area contributed by atoms with Crippen molar-refractivity contribution in [1.82, 2.24) is 10.3 Å². The maximum absolute atomic E-state index is 12.5. The van der Waals surface area contributed by atoms with Crippen LogP contribution in [0.3, 0.4) is 0 Å². The smallest absolute Gasteiger partial charge is 0.257 e. The zero-order valence-electron chi connectivity index (χ0n) is 15.1. The van der Waals surface area contributed by atoms with E-state index in [-0.39, 0.29) is 17.3 Å². The maximum Gasteiger partial charge on any atom is 0.257 e. The normalized spacial score (nSPS) is 15.9. The average Bonchev–Trinajstić information content (AvgIpc) is 3.15. The van der Waals surface area contributed by atoms with E-state index in [1.54, 1.807) is 12.1 Å². The van der Waals surface area contributed by atoms with Crippen LogP contribution in [0, 0.1) is 0 Å². The second-order valence-electron chi connectivity index (χ2n) is 7.09. The Labute approximate surface area is 159 Å². The molecule has 1 aliphatic heterocycles. The van der Waals surface area contributed by atoms with Crippen LogP contribution in [0.25, 0.3) is 0 Å². The summed E-state index contributed by atoms with van der Waals surface area (Å²) in [6.45, 7) is 0.895. The van der Waals surface area contributed by atoms with Gasteiger partial charge in [0.2, 0.25) is 0 Å². The Morgan fingerprint density at radius 1 is 0.963 bits per heavy atom. The van der Waals surface area contributed by atoms with Gasteiger partial charge in [0, 0.05) is 12.2 Å². The zero-order chi connectivity index (χ0) is 18.9. The Morgan fingerprint density at radius 2 is 1.74 bits per heavy atom. The molecule has 0 atom stereocenters. The number of amides is 1. The van der Waals surface area contributed by atoms with Crippen molar-refractivity contribution in [3.63, 3.8) is 0 Å². The van der Waals surface area contributed by atoms with E-state index in [1.165, 1.54) is 11.1 Å². The first-order valence-corrected chi connectivity index (χ1v) is 10.8. The van der Waals surface area contributed by atoms with Gasteiger partial charge in [0.1, 0.15) is 0 Å². The number of fused-ring (bicyclic) bond motifs is 2. The highest BCUT2D eigenvalue weighted by Gasteiger charge is 2.21. The minimum Gasteiger partial charge on any atom is -0.362 e. The van der Waals surface area contributed by atoms with Gasteiger partial charge in [-0.15, -0.1) is 4.83 Å². The van der Waals surface area contributed by atoms with Crippen LogP contribution >= 0.6 is 0 Å². The summed E-state index contributed by atoms with van der Waals surface area (Å²) in [5.41, 5.74) is 6.90. The average molecular weight is 385 g/mol. The van der Waals surface area contributed by atoms with E-state index >= 15 is 0 Å². The fourth-order valence-electron chi connectivity index (χ4n) is 3.89. The molecule has 1 amide bonds. The molecule has 0 unspecified atom stereocenters. The monoisotopic (exact) mass is 385 g/mol. The number of para-hydroxylation sites is 1. The number of hydrazine groups is 1. The highest BCUT2D eigenvalue weighted by molar-refractivity contribution is 7.89. The van der Waals surface area contributed by atoms with Crippen LogP contribution in [0.5, 0.6) is 0 Å². The maximum atomic E-state index is 12.5. The van der Waals surface area contributed by atoms with Crippen LogP contribution in [-0.2, 0) is 34.1 Å². The summed E-state index contributed by atoms with van der Waals surface area (Å²) >= 11 is 0. The highest BCUT2D eigenvalue weighted by atomic mass is 32.2. The quantitative estimate of drug-likeness (QED) is 0.771. The topological polar surface area (TPSA) is 78.5 Å². The Hall–Kier alpha value is -2.38. The number of sulfonamides is 1. The summed E-state index contributed by atoms with van der Waals surface area (Å²) in [7, 11) is -3.78. The summed E-state index contributed by atoms with van der Waals surface area (Å²) in [6, 6.07) is 13.2. The third-order valence-corrected chi connectivity index (χ3v) is 6.49. The molecule has 0 saturated carbocycles. The van der Waals surface area contributed by atoms with Gasteiger partial charge in [-0.2, -0.15) is 0 Å². The minimum atomic E-state index is -3.78. The fourth-order valence-corrected chi connectivity index (χ4v) is 4.80. The first-order valence-electron chi connectivity index (χ1n) is 9.28. The summed E-state index contributed by atoms with van der Waals surface area (Å²) in [6.07, 6.45) is 4.93. The van der Waals surface area contributed by atoms with Gasteiger partial charge in [-0.3, -0.25) is 10.2 Å². The minimum absolute atomic E-state index is 0.115. The molecule has 0 aromatic heterocycles. The van der Waals surface area contributed by atoms with Gasteiger partial charge in [0.25, 0.3) is 15.9 Å². The van der Waals surface area contributed by atoms with Crippen molar-refractivity contribution in [2.75, 3.05) is 18.0 Å². The molecule has 1 aliphatic carbocycles. The van der Waals surface area contributed by atoms with Crippen molar-refractivity contribution in [3.8, 4) is 0 Å². The van der Waals surface area contributed by atoms with Crippen molar-refractivity contribution in [1.29, 1.82) is 0 Å². The number of aryl methyl sites for hydroxylation is 3. The van der Waals surface area contributed by atoms with Crippen molar-refractivity contribution < 1.29 is 13.2 Å². The highest BCUT2D eigenvalue weighted by Crippen LogP contribution is 2.26. The van der Waals surface area contributed by atoms with Gasteiger partial charge in [0.05, 0.1) is 11.4 Å². The fraction of sp³-hybridized carbons (Fsp3) is 0.350. The van der Waals surface area contributed by atoms with Crippen LogP contribution in [0.2, 0.25) is 0 Å². The Balaban J connectivity index is 1.39. The number of hydrogen-bond donors (Lipinski definition) is 2. The van der Waals surface area contributed by atoms with E-state index in [4.69, 9.17) is 0 Å². The van der Waals surface area contributed by atoms with Gasteiger partial charge in [-0.25, -0.2) is 8.42 Å². The van der Waals surface area contributed by atoms with E-state index in [1.807, 2.05) is 29.2 Å². The number of carbonyl (C=O) groups is 1. The van der Waals surface area contributed by atoms with Crippen LogP contribution in [-0.4, -0.2) is 27.4 Å². The summed E-state index contributed by atoms with van der Waals surface area (Å²) < 4.78 is 25.0. The Morgan fingerprint density at radius 3 is 2.63 bits per heavy atom. The van der Waals surface area contributed by atoms with E-state index in [2.05, 4.69) is 16.3 Å². The molecular weight excluding hydrogens is 362 g/mol. The van der Waals surface area contributed by atoms with E-state index in [0.717, 1.165) is 49.9 Å². The number of nitrogens with one attached hydrogen (secondary N) is 2. The van der Waals surface area contributed by atoms with Crippen LogP contribution < -0.4 is 15.2 Å². The molecule has 0 spiro atoms. The molecule has 0 saturated heterocycles. The third-order valence-electron chi connectivity index (χ3n) is 5.25. The van der Waals surface area contributed by atoms with E-state index < -0.39 is 10.0 Å². The number of rotatable bonds is 5. The molecule has 7 heteroatoms. The number of anilines is 1. The molecule has 2 aliphatic rings. The predicted molar refractivity (Wildman–Crippen MR) is 104 cm³/mol. The van der Waals surface area contributed by atoms with E-state index in [9.17, 15) is 13.2 Å².